The molecule has 1 atom stereocenters. The number of nitrogens with zero attached hydrogens (tertiary/aromatic N) is 1. The molecule has 0 radical (unpaired) electrons. The molecule has 0 saturated carbocycles. The third-order valence-corrected chi connectivity index (χ3v) is 4.26. The summed E-state index contributed by atoms with van der Waals surface area (Å²) < 4.78 is 5.33. The molecule has 0 spiro atoms. The molecule has 0 bridgehead atoms. The highest BCUT2D eigenvalue weighted by Crippen LogP contribution is 2.26. The van der Waals surface area contributed by atoms with Crippen LogP contribution in [0.4, 0.5) is 0 Å². The lowest BCUT2D eigenvalue weighted by atomic mass is 9.89. The number of hydrogen-bond acceptors (Lipinski definition) is 3. The van der Waals surface area contributed by atoms with Crippen LogP contribution in [0, 0.1) is 5.92 Å². The Labute approximate surface area is 108 Å². The number of nitrogens with one attached hydrogen (secondary N) is 1. The summed E-state index contributed by atoms with van der Waals surface area (Å²) in [6, 6.07) is 0. The molecule has 2 rings (SSSR count). The van der Waals surface area contributed by atoms with Gasteiger partial charge in [-0.05, 0) is 32.1 Å². The Morgan fingerprint density at radius 1 is 1.39 bits per heavy atom. The van der Waals surface area contributed by atoms with Gasteiger partial charge in [-0.3, -0.25) is 9.59 Å². The number of rotatable bonds is 3. The van der Waals surface area contributed by atoms with Crippen LogP contribution in [0.25, 0.3) is 0 Å². The van der Waals surface area contributed by atoms with Gasteiger partial charge in [-0.1, -0.05) is 6.92 Å². The van der Waals surface area contributed by atoms with Crippen molar-refractivity contribution < 1.29 is 14.3 Å². The van der Waals surface area contributed by atoms with Crippen LogP contribution in [0.15, 0.2) is 0 Å². The SMILES string of the molecule is CCC1(C)C(=O)NCC(=O)N1CC1CCOCC1. The third kappa shape index (κ3) is 2.36. The van der Waals surface area contributed by atoms with Crippen LogP contribution < -0.4 is 5.32 Å². The van der Waals surface area contributed by atoms with Crippen molar-refractivity contribution in [2.24, 2.45) is 5.92 Å². The van der Waals surface area contributed by atoms with Gasteiger partial charge in [0.2, 0.25) is 11.8 Å². The zero-order valence-corrected chi connectivity index (χ0v) is 11.2. The lowest BCUT2D eigenvalue weighted by Gasteiger charge is -2.44. The maximum atomic E-state index is 12.1. The van der Waals surface area contributed by atoms with Crippen LogP contribution in [0.1, 0.15) is 33.1 Å². The number of carbonyl (C=O) groups excluding carboxylic acids is 2. The van der Waals surface area contributed by atoms with Gasteiger partial charge in [-0.15, -0.1) is 0 Å². The fourth-order valence-electron chi connectivity index (χ4n) is 2.68. The molecule has 2 fully saturated rings. The first kappa shape index (κ1) is 13.3. The van der Waals surface area contributed by atoms with Gasteiger partial charge in [0.25, 0.3) is 0 Å². The van der Waals surface area contributed by atoms with Crippen molar-refractivity contribution in [3.8, 4) is 0 Å². The summed E-state index contributed by atoms with van der Waals surface area (Å²) in [7, 11) is 0. The smallest absolute Gasteiger partial charge is 0.246 e. The van der Waals surface area contributed by atoms with E-state index >= 15 is 0 Å². The van der Waals surface area contributed by atoms with Crippen LogP contribution in [-0.4, -0.2) is 48.6 Å². The van der Waals surface area contributed by atoms with E-state index in [1.807, 2.05) is 13.8 Å². The molecule has 18 heavy (non-hydrogen) atoms. The fraction of sp³-hybridized carbons (Fsp3) is 0.846. The van der Waals surface area contributed by atoms with Gasteiger partial charge in [-0.2, -0.15) is 0 Å². The Morgan fingerprint density at radius 3 is 2.67 bits per heavy atom. The molecule has 1 N–H and O–H groups in total. The van der Waals surface area contributed by atoms with Crippen molar-refractivity contribution in [3.63, 3.8) is 0 Å². The van der Waals surface area contributed by atoms with E-state index in [0.29, 0.717) is 18.9 Å². The molecule has 0 aromatic heterocycles. The number of carbonyl (C=O) groups is 2. The van der Waals surface area contributed by atoms with E-state index in [2.05, 4.69) is 5.32 Å². The predicted octanol–water partition coefficient (Wildman–Crippen LogP) is 0.540. The first-order valence-electron chi connectivity index (χ1n) is 6.74. The van der Waals surface area contributed by atoms with Crippen LogP contribution in [0.3, 0.4) is 0 Å². The molecule has 1 unspecified atom stereocenters. The second-order valence-corrected chi connectivity index (χ2v) is 5.37. The number of piperazine rings is 1. The van der Waals surface area contributed by atoms with E-state index in [9.17, 15) is 9.59 Å². The first-order valence-corrected chi connectivity index (χ1v) is 6.74. The molecule has 102 valence electrons. The Bertz CT molecular complexity index is 339. The molecule has 5 nitrogen and oxygen atoms in total. The largest absolute Gasteiger partial charge is 0.381 e. The predicted molar refractivity (Wildman–Crippen MR) is 67.0 cm³/mol. The van der Waals surface area contributed by atoms with Gasteiger partial charge < -0.3 is 15.0 Å². The molecule has 0 aromatic rings. The maximum Gasteiger partial charge on any atom is 0.246 e. The second-order valence-electron chi connectivity index (χ2n) is 5.37. The normalized spacial score (nSPS) is 30.4. The van der Waals surface area contributed by atoms with E-state index < -0.39 is 5.54 Å². The molecule has 2 amide bonds. The molecule has 0 aliphatic carbocycles. The summed E-state index contributed by atoms with van der Waals surface area (Å²) in [5, 5.41) is 2.69. The van der Waals surface area contributed by atoms with E-state index in [-0.39, 0.29) is 18.4 Å². The molecule has 0 aromatic carbocycles. The summed E-state index contributed by atoms with van der Waals surface area (Å²) in [6.07, 6.45) is 2.60. The van der Waals surface area contributed by atoms with Crippen molar-refractivity contribution in [2.75, 3.05) is 26.3 Å². The summed E-state index contributed by atoms with van der Waals surface area (Å²) in [6.45, 7) is 6.16. The van der Waals surface area contributed by atoms with Crippen LogP contribution in [0.2, 0.25) is 0 Å². The first-order chi connectivity index (χ1) is 8.58. The van der Waals surface area contributed by atoms with Crippen molar-refractivity contribution in [1.82, 2.24) is 10.2 Å². The van der Waals surface area contributed by atoms with Crippen LogP contribution >= 0.6 is 0 Å². The molecule has 2 aliphatic rings. The van der Waals surface area contributed by atoms with Crippen molar-refractivity contribution in [2.45, 2.75) is 38.6 Å². The Hall–Kier alpha value is -1.10. The van der Waals surface area contributed by atoms with Gasteiger partial charge >= 0.3 is 0 Å². The summed E-state index contributed by atoms with van der Waals surface area (Å²) in [4.78, 5) is 25.9. The zero-order valence-electron chi connectivity index (χ0n) is 11.2. The second kappa shape index (κ2) is 5.26. The van der Waals surface area contributed by atoms with Crippen LogP contribution in [-0.2, 0) is 14.3 Å². The standard InChI is InChI=1S/C13H22N2O3/c1-3-13(2)12(17)14-8-11(16)15(13)9-10-4-6-18-7-5-10/h10H,3-9H2,1-2H3,(H,14,17). The van der Waals surface area contributed by atoms with E-state index in [4.69, 9.17) is 4.74 Å². The monoisotopic (exact) mass is 254 g/mol. The molecule has 5 heteroatoms. The van der Waals surface area contributed by atoms with E-state index in [1.54, 1.807) is 4.90 Å². The molecule has 2 heterocycles. The highest BCUT2D eigenvalue weighted by molar-refractivity contribution is 5.97. The Morgan fingerprint density at radius 2 is 2.06 bits per heavy atom. The fourth-order valence-corrected chi connectivity index (χ4v) is 2.68. The quantitative estimate of drug-likeness (QED) is 0.799. The van der Waals surface area contributed by atoms with E-state index in [0.717, 1.165) is 26.1 Å². The zero-order chi connectivity index (χ0) is 13.2. The number of ether oxygens (including phenoxy) is 1. The average molecular weight is 254 g/mol. The van der Waals surface area contributed by atoms with Gasteiger partial charge in [0.15, 0.2) is 0 Å². The Balaban J connectivity index is 2.10. The summed E-state index contributed by atoms with van der Waals surface area (Å²) in [5.41, 5.74) is -0.687. The third-order valence-electron chi connectivity index (χ3n) is 4.26. The van der Waals surface area contributed by atoms with Crippen molar-refractivity contribution in [3.05, 3.63) is 0 Å². The highest BCUT2D eigenvalue weighted by Gasteiger charge is 2.44. The van der Waals surface area contributed by atoms with Gasteiger partial charge in [-0.25, -0.2) is 0 Å². The van der Waals surface area contributed by atoms with E-state index in [1.165, 1.54) is 0 Å². The molecular formula is C13H22N2O3. The summed E-state index contributed by atoms with van der Waals surface area (Å²) >= 11 is 0. The van der Waals surface area contributed by atoms with Gasteiger partial charge in [0, 0.05) is 19.8 Å². The highest BCUT2D eigenvalue weighted by atomic mass is 16.5. The molecular weight excluding hydrogens is 232 g/mol. The topological polar surface area (TPSA) is 58.6 Å². The number of hydrogen-bond donors (Lipinski definition) is 1. The van der Waals surface area contributed by atoms with Gasteiger partial charge in [0.1, 0.15) is 5.54 Å². The minimum absolute atomic E-state index is 0.0309. The minimum Gasteiger partial charge on any atom is -0.381 e. The summed E-state index contributed by atoms with van der Waals surface area (Å²) in [5.74, 6) is 0.460. The van der Waals surface area contributed by atoms with Crippen molar-refractivity contribution in [1.29, 1.82) is 0 Å². The molecule has 2 aliphatic heterocycles. The lowest BCUT2D eigenvalue weighted by Crippen LogP contribution is -2.66. The molecule has 2 saturated heterocycles. The number of amides is 2. The lowest BCUT2D eigenvalue weighted by molar-refractivity contribution is -0.154. The minimum atomic E-state index is -0.687. The average Bonchev–Trinajstić information content (AvgIpc) is 2.40. The van der Waals surface area contributed by atoms with Crippen molar-refractivity contribution >= 4 is 11.8 Å². The van der Waals surface area contributed by atoms with Crippen LogP contribution in [0.5, 0.6) is 0 Å². The van der Waals surface area contributed by atoms with Gasteiger partial charge in [0.05, 0.1) is 6.54 Å². The maximum absolute atomic E-state index is 12.1. The Kier molecular flexibility index (Phi) is 3.90.